The SMILES string of the molecule is C[C@H]1C[C@@H]1C(=O)NCC(=O)N1CCN(S(=O)(=O)c2ccccc2[N+](=O)[O-])CC1. The largest absolute Gasteiger partial charge is 0.347 e. The van der Waals surface area contributed by atoms with Gasteiger partial charge < -0.3 is 10.2 Å². The lowest BCUT2D eigenvalue weighted by atomic mass is 10.3. The van der Waals surface area contributed by atoms with E-state index in [1.165, 1.54) is 23.1 Å². The second-order valence-electron chi connectivity index (χ2n) is 7.05. The number of hydrogen-bond donors (Lipinski definition) is 1. The van der Waals surface area contributed by atoms with Crippen LogP contribution in [0.25, 0.3) is 0 Å². The first-order valence-corrected chi connectivity index (χ1v) is 10.4. The topological polar surface area (TPSA) is 130 Å². The Morgan fingerprint density at radius 1 is 1.21 bits per heavy atom. The van der Waals surface area contributed by atoms with Crippen LogP contribution in [0.3, 0.4) is 0 Å². The van der Waals surface area contributed by atoms with Crippen molar-refractivity contribution in [3.05, 3.63) is 34.4 Å². The molecule has 1 aliphatic carbocycles. The van der Waals surface area contributed by atoms with Gasteiger partial charge in [0.25, 0.3) is 5.69 Å². The number of carbonyl (C=O) groups is 2. The van der Waals surface area contributed by atoms with Crippen molar-refractivity contribution in [1.82, 2.24) is 14.5 Å². The van der Waals surface area contributed by atoms with Gasteiger partial charge in [-0.05, 0) is 18.4 Å². The number of carbonyl (C=O) groups excluding carboxylic acids is 2. The van der Waals surface area contributed by atoms with E-state index >= 15 is 0 Å². The highest BCUT2D eigenvalue weighted by atomic mass is 32.2. The maximum Gasteiger partial charge on any atom is 0.289 e. The fourth-order valence-corrected chi connectivity index (χ4v) is 4.82. The van der Waals surface area contributed by atoms with E-state index in [2.05, 4.69) is 5.32 Å². The molecule has 28 heavy (non-hydrogen) atoms. The lowest BCUT2D eigenvalue weighted by molar-refractivity contribution is -0.387. The molecule has 0 aromatic heterocycles. The third kappa shape index (κ3) is 4.14. The van der Waals surface area contributed by atoms with E-state index in [0.717, 1.165) is 16.8 Å². The minimum atomic E-state index is -4.04. The molecular weight excluding hydrogens is 388 g/mol. The second kappa shape index (κ2) is 7.84. The average molecular weight is 410 g/mol. The van der Waals surface area contributed by atoms with Crippen molar-refractivity contribution in [3.8, 4) is 0 Å². The molecule has 1 aromatic rings. The van der Waals surface area contributed by atoms with Crippen molar-refractivity contribution in [2.24, 2.45) is 11.8 Å². The van der Waals surface area contributed by atoms with Crippen LogP contribution in [-0.2, 0) is 19.6 Å². The fourth-order valence-electron chi connectivity index (χ4n) is 3.24. The molecule has 0 spiro atoms. The van der Waals surface area contributed by atoms with Crippen molar-refractivity contribution in [2.45, 2.75) is 18.2 Å². The lowest BCUT2D eigenvalue weighted by Gasteiger charge is -2.34. The summed E-state index contributed by atoms with van der Waals surface area (Å²) >= 11 is 0. The Morgan fingerprint density at radius 3 is 2.39 bits per heavy atom. The summed E-state index contributed by atoms with van der Waals surface area (Å²) in [6, 6.07) is 5.20. The quantitative estimate of drug-likeness (QED) is 0.527. The number of rotatable bonds is 6. The van der Waals surface area contributed by atoms with Crippen molar-refractivity contribution >= 4 is 27.5 Å². The number of amides is 2. The first-order chi connectivity index (χ1) is 13.2. The zero-order chi connectivity index (χ0) is 20.5. The molecule has 3 rings (SSSR count). The Hall–Kier alpha value is -2.53. The minimum absolute atomic E-state index is 0.0172. The molecule has 10 nitrogen and oxygen atoms in total. The summed E-state index contributed by atoms with van der Waals surface area (Å²) in [5.74, 6) is -0.0646. The maximum absolute atomic E-state index is 12.8. The smallest absolute Gasteiger partial charge is 0.289 e. The van der Waals surface area contributed by atoms with Crippen LogP contribution < -0.4 is 5.32 Å². The molecule has 2 atom stereocenters. The number of hydrogen-bond acceptors (Lipinski definition) is 6. The summed E-state index contributed by atoms with van der Waals surface area (Å²) in [7, 11) is -4.04. The molecule has 2 aliphatic rings. The van der Waals surface area contributed by atoms with Crippen LogP contribution in [0, 0.1) is 22.0 Å². The van der Waals surface area contributed by atoms with Crippen LogP contribution in [0.5, 0.6) is 0 Å². The third-order valence-electron chi connectivity index (χ3n) is 5.13. The second-order valence-corrected chi connectivity index (χ2v) is 8.95. The molecule has 152 valence electrons. The van der Waals surface area contributed by atoms with Gasteiger partial charge in [-0.2, -0.15) is 4.31 Å². The summed E-state index contributed by atoms with van der Waals surface area (Å²) in [6.07, 6.45) is 0.835. The van der Waals surface area contributed by atoms with Gasteiger partial charge in [-0.1, -0.05) is 19.1 Å². The Bertz CT molecular complexity index is 895. The van der Waals surface area contributed by atoms with Gasteiger partial charge in [-0.25, -0.2) is 8.42 Å². The average Bonchev–Trinajstić information content (AvgIpc) is 3.42. The first-order valence-electron chi connectivity index (χ1n) is 9.01. The molecule has 1 heterocycles. The van der Waals surface area contributed by atoms with Crippen LogP contribution in [0.4, 0.5) is 5.69 Å². The number of nitro benzene ring substituents is 1. The van der Waals surface area contributed by atoms with E-state index in [1.807, 2.05) is 6.92 Å². The molecule has 2 amide bonds. The molecule has 0 unspecified atom stereocenters. The predicted molar refractivity (Wildman–Crippen MR) is 98.7 cm³/mol. The van der Waals surface area contributed by atoms with Gasteiger partial charge in [0.05, 0.1) is 11.5 Å². The zero-order valence-corrected chi connectivity index (χ0v) is 16.2. The van der Waals surface area contributed by atoms with Crippen LogP contribution in [0.15, 0.2) is 29.2 Å². The molecule has 1 saturated heterocycles. The van der Waals surface area contributed by atoms with Gasteiger partial charge in [-0.3, -0.25) is 19.7 Å². The van der Waals surface area contributed by atoms with E-state index < -0.39 is 20.6 Å². The van der Waals surface area contributed by atoms with Crippen molar-refractivity contribution in [1.29, 1.82) is 0 Å². The van der Waals surface area contributed by atoms with Gasteiger partial charge in [0, 0.05) is 38.2 Å². The van der Waals surface area contributed by atoms with Crippen molar-refractivity contribution in [2.75, 3.05) is 32.7 Å². The van der Waals surface area contributed by atoms with E-state index in [1.54, 1.807) is 0 Å². The molecule has 1 aliphatic heterocycles. The molecule has 2 fully saturated rings. The first kappa shape index (κ1) is 20.2. The predicted octanol–water partition coefficient (Wildman–Crippen LogP) is 0.200. The van der Waals surface area contributed by atoms with Crippen LogP contribution in [-0.4, -0.2) is 67.1 Å². The molecule has 1 N–H and O–H groups in total. The summed E-state index contributed by atoms with van der Waals surface area (Å²) in [5.41, 5.74) is -0.474. The summed E-state index contributed by atoms with van der Waals surface area (Å²) in [4.78, 5) is 35.6. The van der Waals surface area contributed by atoms with E-state index in [0.29, 0.717) is 5.92 Å². The number of sulfonamides is 1. The number of nitrogens with zero attached hydrogens (tertiary/aromatic N) is 3. The molecule has 0 bridgehead atoms. The molecule has 1 aromatic carbocycles. The zero-order valence-electron chi connectivity index (χ0n) is 15.4. The number of piperazine rings is 1. The highest BCUT2D eigenvalue weighted by Crippen LogP contribution is 2.37. The van der Waals surface area contributed by atoms with Crippen LogP contribution in [0.2, 0.25) is 0 Å². The van der Waals surface area contributed by atoms with Gasteiger partial charge in [0.2, 0.25) is 21.8 Å². The van der Waals surface area contributed by atoms with E-state index in [4.69, 9.17) is 0 Å². The van der Waals surface area contributed by atoms with E-state index in [-0.39, 0.29) is 55.4 Å². The highest BCUT2D eigenvalue weighted by Gasteiger charge is 2.39. The van der Waals surface area contributed by atoms with Gasteiger partial charge in [-0.15, -0.1) is 0 Å². The number of nitrogens with one attached hydrogen (secondary N) is 1. The minimum Gasteiger partial charge on any atom is -0.347 e. The standard InChI is InChI=1S/C17H22N4O6S/c1-12-10-13(12)17(23)18-11-16(22)19-6-8-20(9-7-19)28(26,27)15-5-3-2-4-14(15)21(24)25/h2-5,12-13H,6-11H2,1H3,(H,18,23)/t12-,13-/m0/s1. The van der Waals surface area contributed by atoms with Crippen LogP contribution in [0.1, 0.15) is 13.3 Å². The molecular formula is C17H22N4O6S. The van der Waals surface area contributed by atoms with E-state index in [9.17, 15) is 28.1 Å². The van der Waals surface area contributed by atoms with Crippen molar-refractivity contribution in [3.63, 3.8) is 0 Å². The monoisotopic (exact) mass is 410 g/mol. The van der Waals surface area contributed by atoms with Gasteiger partial charge in [0.15, 0.2) is 4.90 Å². The van der Waals surface area contributed by atoms with Crippen LogP contribution >= 0.6 is 0 Å². The normalized spacial score (nSPS) is 22.5. The lowest BCUT2D eigenvalue weighted by Crippen LogP contribution is -2.52. The maximum atomic E-state index is 12.8. The number of para-hydroxylation sites is 1. The summed E-state index contributed by atoms with van der Waals surface area (Å²) in [5, 5.41) is 13.7. The van der Waals surface area contributed by atoms with Gasteiger partial charge in [0.1, 0.15) is 0 Å². The Kier molecular flexibility index (Phi) is 5.66. The summed E-state index contributed by atoms with van der Waals surface area (Å²) < 4.78 is 26.7. The van der Waals surface area contributed by atoms with Gasteiger partial charge >= 0.3 is 0 Å². The van der Waals surface area contributed by atoms with Crippen molar-refractivity contribution < 1.29 is 22.9 Å². The molecule has 1 saturated carbocycles. The fraction of sp³-hybridized carbons (Fsp3) is 0.529. The Labute approximate surface area is 162 Å². The number of nitro groups is 1. The number of benzene rings is 1. The summed E-state index contributed by atoms with van der Waals surface area (Å²) in [6.45, 7) is 2.26. The molecule has 11 heteroatoms. The highest BCUT2D eigenvalue weighted by molar-refractivity contribution is 7.89. The molecule has 0 radical (unpaired) electrons. The Morgan fingerprint density at radius 2 is 1.82 bits per heavy atom. The Balaban J connectivity index is 1.58. The third-order valence-corrected chi connectivity index (χ3v) is 7.08.